The van der Waals surface area contributed by atoms with Crippen LogP contribution in [0, 0.1) is 5.92 Å². The first-order valence-corrected chi connectivity index (χ1v) is 6.72. The van der Waals surface area contributed by atoms with Crippen molar-refractivity contribution in [2.75, 3.05) is 11.9 Å². The second-order valence-electron chi connectivity index (χ2n) is 5.36. The number of anilines is 1. The molecule has 1 amide bonds. The van der Waals surface area contributed by atoms with Crippen molar-refractivity contribution in [1.82, 2.24) is 5.32 Å². The first kappa shape index (κ1) is 15.6. The van der Waals surface area contributed by atoms with Crippen molar-refractivity contribution in [3.05, 3.63) is 23.8 Å². The number of amides is 1. The van der Waals surface area contributed by atoms with Gasteiger partial charge < -0.3 is 15.7 Å². The summed E-state index contributed by atoms with van der Waals surface area (Å²) in [5.41, 5.74) is -1.14. The summed E-state index contributed by atoms with van der Waals surface area (Å²) in [6, 6.07) is 1.98. The first-order valence-electron chi connectivity index (χ1n) is 6.72. The molecule has 0 radical (unpaired) electrons. The normalized spacial score (nSPS) is 22.9. The molecule has 3 N–H and O–H groups in total. The van der Waals surface area contributed by atoms with Gasteiger partial charge in [0.05, 0.1) is 17.3 Å². The monoisotopic (exact) mass is 302 g/mol. The summed E-state index contributed by atoms with van der Waals surface area (Å²) in [6.45, 7) is 2.71. The molecular formula is C14H17F3N2O2. The van der Waals surface area contributed by atoms with Crippen LogP contribution in [0.15, 0.2) is 18.2 Å². The molecule has 0 aromatic heterocycles. The van der Waals surface area contributed by atoms with Crippen molar-refractivity contribution < 1.29 is 23.1 Å². The summed E-state index contributed by atoms with van der Waals surface area (Å²) in [7, 11) is 0. The SMILES string of the molecule is CC1CCNC(C(=O)Nc2cc(C(F)(F)F)ccc2O)C1. The van der Waals surface area contributed by atoms with Gasteiger partial charge in [0.2, 0.25) is 5.91 Å². The van der Waals surface area contributed by atoms with Gasteiger partial charge in [0.1, 0.15) is 5.75 Å². The molecule has 0 spiro atoms. The Hall–Kier alpha value is -1.76. The lowest BCUT2D eigenvalue weighted by atomic mass is 9.94. The van der Waals surface area contributed by atoms with Gasteiger partial charge >= 0.3 is 6.18 Å². The minimum atomic E-state index is -4.52. The number of carbonyl (C=O) groups excluding carboxylic acids is 1. The van der Waals surface area contributed by atoms with Crippen molar-refractivity contribution >= 4 is 11.6 Å². The van der Waals surface area contributed by atoms with Gasteiger partial charge in [0.25, 0.3) is 0 Å². The Balaban J connectivity index is 2.13. The number of hydrogen-bond donors (Lipinski definition) is 3. The number of nitrogens with one attached hydrogen (secondary N) is 2. The van der Waals surface area contributed by atoms with Gasteiger partial charge in [-0.25, -0.2) is 0 Å². The number of halogens is 3. The predicted molar refractivity (Wildman–Crippen MR) is 71.9 cm³/mol. The summed E-state index contributed by atoms with van der Waals surface area (Å²) < 4.78 is 37.9. The Kier molecular flexibility index (Phi) is 4.41. The van der Waals surface area contributed by atoms with E-state index in [4.69, 9.17) is 0 Å². The van der Waals surface area contributed by atoms with Crippen LogP contribution in [0.2, 0.25) is 0 Å². The summed E-state index contributed by atoms with van der Waals surface area (Å²) in [4.78, 5) is 12.1. The molecule has 2 rings (SSSR count). The quantitative estimate of drug-likeness (QED) is 0.736. The lowest BCUT2D eigenvalue weighted by molar-refractivity contribution is -0.137. The summed E-state index contributed by atoms with van der Waals surface area (Å²) in [5.74, 6) is -0.450. The van der Waals surface area contributed by atoms with Crippen molar-refractivity contribution in [3.8, 4) is 5.75 Å². The van der Waals surface area contributed by atoms with E-state index < -0.39 is 23.7 Å². The molecule has 1 aliphatic rings. The van der Waals surface area contributed by atoms with Crippen LogP contribution in [-0.2, 0) is 11.0 Å². The molecule has 4 nitrogen and oxygen atoms in total. The Bertz CT molecular complexity index is 531. The van der Waals surface area contributed by atoms with Gasteiger partial charge in [-0.05, 0) is 43.5 Å². The third kappa shape index (κ3) is 3.87. The molecule has 7 heteroatoms. The highest BCUT2D eigenvalue weighted by atomic mass is 19.4. The zero-order valence-corrected chi connectivity index (χ0v) is 11.5. The van der Waals surface area contributed by atoms with Gasteiger partial charge in [0.15, 0.2) is 0 Å². The number of carbonyl (C=O) groups is 1. The maximum absolute atomic E-state index is 12.6. The van der Waals surface area contributed by atoms with E-state index in [0.717, 1.165) is 24.6 Å². The van der Waals surface area contributed by atoms with Crippen LogP contribution >= 0.6 is 0 Å². The molecule has 0 bridgehead atoms. The molecule has 0 aliphatic carbocycles. The van der Waals surface area contributed by atoms with Crippen molar-refractivity contribution in [3.63, 3.8) is 0 Å². The molecule has 1 aromatic carbocycles. The molecule has 1 saturated heterocycles. The number of phenols is 1. The number of phenolic OH excluding ortho intramolecular Hbond substituents is 1. The molecule has 1 heterocycles. The molecule has 1 aromatic rings. The molecule has 1 aliphatic heterocycles. The van der Waals surface area contributed by atoms with E-state index in [9.17, 15) is 23.1 Å². The lowest BCUT2D eigenvalue weighted by Gasteiger charge is -2.27. The predicted octanol–water partition coefficient (Wildman–Crippen LogP) is 2.74. The smallest absolute Gasteiger partial charge is 0.416 e. The van der Waals surface area contributed by atoms with Gasteiger partial charge in [-0.15, -0.1) is 0 Å². The van der Waals surface area contributed by atoms with Gasteiger partial charge in [-0.1, -0.05) is 6.92 Å². The average Bonchev–Trinajstić information content (AvgIpc) is 2.40. The number of hydrogen-bond acceptors (Lipinski definition) is 3. The Morgan fingerprint density at radius 1 is 1.43 bits per heavy atom. The van der Waals surface area contributed by atoms with E-state index in [2.05, 4.69) is 10.6 Å². The number of benzene rings is 1. The Morgan fingerprint density at radius 3 is 2.76 bits per heavy atom. The summed E-state index contributed by atoms with van der Waals surface area (Å²) >= 11 is 0. The fraction of sp³-hybridized carbons (Fsp3) is 0.500. The third-order valence-electron chi connectivity index (χ3n) is 3.56. The largest absolute Gasteiger partial charge is 0.506 e. The van der Waals surface area contributed by atoms with E-state index in [1.54, 1.807) is 0 Å². The van der Waals surface area contributed by atoms with Gasteiger partial charge in [0, 0.05) is 0 Å². The maximum Gasteiger partial charge on any atom is 0.416 e. The minimum absolute atomic E-state index is 0.227. The van der Waals surface area contributed by atoms with Crippen LogP contribution in [0.3, 0.4) is 0 Å². The summed E-state index contributed by atoms with van der Waals surface area (Å²) in [5, 5.41) is 15.0. The van der Waals surface area contributed by atoms with E-state index in [1.165, 1.54) is 0 Å². The van der Waals surface area contributed by atoms with Crippen molar-refractivity contribution in [1.29, 1.82) is 0 Å². The third-order valence-corrected chi connectivity index (χ3v) is 3.56. The topological polar surface area (TPSA) is 61.4 Å². The second kappa shape index (κ2) is 5.93. The van der Waals surface area contributed by atoms with Crippen LogP contribution < -0.4 is 10.6 Å². The van der Waals surface area contributed by atoms with E-state index in [1.807, 2.05) is 6.92 Å². The lowest BCUT2D eigenvalue weighted by Crippen LogP contribution is -2.45. The molecule has 116 valence electrons. The van der Waals surface area contributed by atoms with Crippen LogP contribution in [0.5, 0.6) is 5.75 Å². The second-order valence-corrected chi connectivity index (χ2v) is 5.36. The highest BCUT2D eigenvalue weighted by Crippen LogP contribution is 2.34. The molecule has 1 fully saturated rings. The van der Waals surface area contributed by atoms with E-state index >= 15 is 0 Å². The first-order chi connectivity index (χ1) is 9.77. The minimum Gasteiger partial charge on any atom is -0.506 e. The fourth-order valence-electron chi connectivity index (χ4n) is 2.34. The highest BCUT2D eigenvalue weighted by molar-refractivity contribution is 5.96. The van der Waals surface area contributed by atoms with Gasteiger partial charge in [-0.3, -0.25) is 4.79 Å². The molecule has 21 heavy (non-hydrogen) atoms. The molecule has 0 saturated carbocycles. The molecular weight excluding hydrogens is 285 g/mol. The van der Waals surface area contributed by atoms with Gasteiger partial charge in [-0.2, -0.15) is 13.2 Å². The number of aromatic hydroxyl groups is 1. The zero-order valence-electron chi connectivity index (χ0n) is 11.5. The standard InChI is InChI=1S/C14H17F3N2O2/c1-8-4-5-18-11(6-8)13(21)19-10-7-9(14(15,16)17)2-3-12(10)20/h2-3,7-8,11,18,20H,4-6H2,1H3,(H,19,21). The zero-order chi connectivity index (χ0) is 15.6. The van der Waals surface area contributed by atoms with Crippen LogP contribution in [0.1, 0.15) is 25.3 Å². The van der Waals surface area contributed by atoms with Crippen molar-refractivity contribution in [2.24, 2.45) is 5.92 Å². The average molecular weight is 302 g/mol. The van der Waals surface area contributed by atoms with Crippen molar-refractivity contribution in [2.45, 2.75) is 32.0 Å². The van der Waals surface area contributed by atoms with E-state index in [-0.39, 0.29) is 11.4 Å². The fourth-order valence-corrected chi connectivity index (χ4v) is 2.34. The van der Waals surface area contributed by atoms with Crippen LogP contribution in [0.25, 0.3) is 0 Å². The summed E-state index contributed by atoms with van der Waals surface area (Å²) in [6.07, 6.45) is -2.95. The van der Waals surface area contributed by atoms with Crippen LogP contribution in [0.4, 0.5) is 18.9 Å². The molecule has 2 atom stereocenters. The van der Waals surface area contributed by atoms with E-state index in [0.29, 0.717) is 18.9 Å². The Labute approximate surface area is 120 Å². The number of piperidine rings is 1. The Morgan fingerprint density at radius 2 is 2.14 bits per heavy atom. The number of rotatable bonds is 2. The maximum atomic E-state index is 12.6. The highest BCUT2D eigenvalue weighted by Gasteiger charge is 2.32. The molecule has 2 unspecified atom stereocenters. The number of alkyl halides is 3. The van der Waals surface area contributed by atoms with Crippen LogP contribution in [-0.4, -0.2) is 23.6 Å².